The highest BCUT2D eigenvalue weighted by Gasteiger charge is 2.60. The first-order chi connectivity index (χ1) is 42.1. The number of amides is 4. The first kappa shape index (κ1) is 69.1. The summed E-state index contributed by atoms with van der Waals surface area (Å²) in [5.41, 5.74) is 13.3. The number of carboxylic acid groups (broad SMARTS) is 2. The summed E-state index contributed by atoms with van der Waals surface area (Å²) in [5.74, 6) is 2.83. The van der Waals surface area contributed by atoms with Gasteiger partial charge in [-0.2, -0.15) is 4.98 Å². The third-order valence-electron chi connectivity index (χ3n) is 19.2. The molecule has 1 aromatic carbocycles. The quantitative estimate of drug-likeness (QED) is 0.00876. The number of nitrogen functional groups attached to an aromatic ring is 1. The van der Waals surface area contributed by atoms with Crippen molar-refractivity contribution in [2.45, 2.75) is 181 Å². The van der Waals surface area contributed by atoms with Gasteiger partial charge in [-0.15, -0.1) is 0 Å². The number of rotatable bonds is 34. The second-order valence-corrected chi connectivity index (χ2v) is 27.8. The smallest absolute Gasteiger partial charge is 0.407 e. The minimum absolute atomic E-state index is 0.0258. The first-order valence-corrected chi connectivity index (χ1v) is 34.0. The number of fused-ring (bicyclic) bond motifs is 6. The average Bonchev–Trinajstić information content (AvgIpc) is 1.42. The SMILES string of the molecule is CC(C)CCCC(C)C1CCC2C3CCC4CC(OC(=O)NCCN=C(N)CCCSSNCCOC(=O)NCCCCC(NC(=O)CCC(NC(=O)c5ccc(NCc6cnc7nc(N)[nH]c(=O)c7n6)cc5)C(=O)O)C(=O)O)CCC4(C)C3CCC12C. The van der Waals surface area contributed by atoms with Gasteiger partial charge in [0.2, 0.25) is 11.9 Å². The third-order valence-corrected chi connectivity index (χ3v) is 21.3. The van der Waals surface area contributed by atoms with Crippen LogP contribution >= 0.6 is 21.8 Å². The molecule has 2 heterocycles. The van der Waals surface area contributed by atoms with E-state index in [0.717, 1.165) is 66.9 Å². The zero-order chi connectivity index (χ0) is 63.4. The van der Waals surface area contributed by atoms with E-state index in [9.17, 15) is 43.8 Å². The van der Waals surface area contributed by atoms with Crippen LogP contribution in [-0.4, -0.2) is 129 Å². The molecular formula is C62H95N13O11S2. The molecule has 11 unspecified atom stereocenters. The number of anilines is 2. The third kappa shape index (κ3) is 19.8. The van der Waals surface area contributed by atoms with E-state index in [1.807, 2.05) is 0 Å². The van der Waals surface area contributed by atoms with E-state index >= 15 is 0 Å². The molecule has 0 spiro atoms. The van der Waals surface area contributed by atoms with Gasteiger partial charge in [0.25, 0.3) is 11.5 Å². The average molecular weight is 1260 g/mol. The number of nitrogens with zero attached hydrogens (tertiary/aromatic N) is 4. The van der Waals surface area contributed by atoms with Crippen LogP contribution in [0.5, 0.6) is 0 Å². The molecule has 4 amide bonds. The lowest BCUT2D eigenvalue weighted by atomic mass is 9.44. The molecular weight excluding hydrogens is 1170 g/mol. The molecule has 0 aliphatic heterocycles. The molecule has 4 fully saturated rings. The summed E-state index contributed by atoms with van der Waals surface area (Å²) in [6.07, 6.45) is 17.3. The number of H-pyrrole nitrogens is 1. The van der Waals surface area contributed by atoms with Gasteiger partial charge in [0.15, 0.2) is 11.2 Å². The van der Waals surface area contributed by atoms with Crippen LogP contribution < -0.4 is 48.3 Å². The number of nitrogens with one attached hydrogen (secondary N) is 7. The standard InChI is InChI=1S/C62H95N13O11S2/c1-37(2)10-8-11-38(3)45-20-21-46-44-19-16-40-34-43(24-26-61(40,4)47(44)25-27-62(45,46)5)86-60(84)67-30-29-65-50(63)13-9-33-87-88-70-31-32-85-59(83)66-28-7-6-12-48(56(79)80)72-51(76)23-22-49(57(81)82)73-54(77)39-14-17-41(18-15-39)68-35-42-36-69-53-52(71-42)55(78)75-58(64)74-53/h14-15,17-18,36-38,40,43-49,68,70H,6-13,16,19-35H2,1-5H3,(H2,63,65)(H,66,83)(H,67,84)(H,72,76)(H,73,77)(H,79,80)(H,81,82)(H3,64,69,74,75,78). The summed E-state index contributed by atoms with van der Waals surface area (Å²) < 4.78 is 14.3. The Morgan fingerprint density at radius 3 is 2.31 bits per heavy atom. The van der Waals surface area contributed by atoms with Crippen LogP contribution in [0.15, 0.2) is 40.2 Å². The number of aromatic amines is 1. The van der Waals surface area contributed by atoms with Crippen LogP contribution in [-0.2, 0) is 30.4 Å². The zero-order valence-corrected chi connectivity index (χ0v) is 53.5. The van der Waals surface area contributed by atoms with Crippen molar-refractivity contribution in [2.75, 3.05) is 49.6 Å². The minimum Gasteiger partial charge on any atom is -0.480 e. The van der Waals surface area contributed by atoms with Gasteiger partial charge >= 0.3 is 24.1 Å². The lowest BCUT2D eigenvalue weighted by Gasteiger charge is -2.61. The van der Waals surface area contributed by atoms with Gasteiger partial charge in [0, 0.05) is 49.5 Å². The summed E-state index contributed by atoms with van der Waals surface area (Å²) in [4.78, 5) is 106. The number of nitrogens with two attached hydrogens (primary N) is 2. The number of hydrogen-bond acceptors (Lipinski definition) is 18. The number of unbranched alkanes of at least 4 members (excludes halogenated alkanes) is 1. The molecule has 13 N–H and O–H groups in total. The normalized spacial score (nSPS) is 24.2. The summed E-state index contributed by atoms with van der Waals surface area (Å²) in [5, 5.41) is 32.9. The van der Waals surface area contributed by atoms with Crippen molar-refractivity contribution in [1.82, 2.24) is 45.9 Å². The summed E-state index contributed by atoms with van der Waals surface area (Å²) >= 11 is 0. The lowest BCUT2D eigenvalue weighted by Crippen LogP contribution is -2.54. The van der Waals surface area contributed by atoms with Crippen molar-refractivity contribution < 1.29 is 48.5 Å². The maximum atomic E-state index is 12.9. The second kappa shape index (κ2) is 33.4. The van der Waals surface area contributed by atoms with Crippen molar-refractivity contribution in [3.8, 4) is 0 Å². The van der Waals surface area contributed by atoms with Crippen LogP contribution in [0, 0.1) is 52.3 Å². The van der Waals surface area contributed by atoms with E-state index < -0.39 is 47.5 Å². The van der Waals surface area contributed by atoms with E-state index in [2.05, 4.69) is 90.9 Å². The van der Waals surface area contributed by atoms with Crippen molar-refractivity contribution >= 4 is 86.3 Å². The summed E-state index contributed by atoms with van der Waals surface area (Å²) in [6, 6.07) is 3.41. The molecule has 0 saturated heterocycles. The van der Waals surface area contributed by atoms with Crippen LogP contribution in [0.2, 0.25) is 0 Å². The predicted octanol–water partition coefficient (Wildman–Crippen LogP) is 8.58. The molecule has 0 bridgehead atoms. The topological polar surface area (TPSA) is 369 Å². The van der Waals surface area contributed by atoms with Crippen LogP contribution in [0.3, 0.4) is 0 Å². The Bertz CT molecular complexity index is 2920. The van der Waals surface area contributed by atoms with Gasteiger partial charge < -0.3 is 57.7 Å². The van der Waals surface area contributed by atoms with Gasteiger partial charge in [-0.25, -0.2) is 29.1 Å². The van der Waals surface area contributed by atoms with E-state index in [0.29, 0.717) is 72.9 Å². The molecule has 2 aromatic heterocycles. The fraction of sp³-hybridized carbons (Fsp3) is 0.694. The van der Waals surface area contributed by atoms with E-state index in [1.165, 1.54) is 87.1 Å². The van der Waals surface area contributed by atoms with Gasteiger partial charge in [0.1, 0.15) is 24.8 Å². The first-order valence-electron chi connectivity index (χ1n) is 31.7. The fourth-order valence-electron chi connectivity index (χ4n) is 14.6. The highest BCUT2D eigenvalue weighted by Crippen LogP contribution is 2.68. The largest absolute Gasteiger partial charge is 0.480 e. The number of carboxylic acids is 2. The molecule has 0 radical (unpaired) electrons. The fourth-order valence-corrected chi connectivity index (χ4v) is 16.3. The summed E-state index contributed by atoms with van der Waals surface area (Å²) in [6.45, 7) is 14.2. The minimum atomic E-state index is -1.44. The molecule has 4 aliphatic carbocycles. The maximum absolute atomic E-state index is 12.9. The second-order valence-electron chi connectivity index (χ2n) is 25.5. The molecule has 24 nitrogen and oxygen atoms in total. The molecule has 486 valence electrons. The van der Waals surface area contributed by atoms with Crippen molar-refractivity contribution in [3.63, 3.8) is 0 Å². The Morgan fingerprint density at radius 1 is 0.807 bits per heavy atom. The van der Waals surface area contributed by atoms with Gasteiger partial charge in [-0.05, 0) is 177 Å². The van der Waals surface area contributed by atoms with Crippen molar-refractivity contribution in [2.24, 2.45) is 63.0 Å². The number of carbonyl (C=O) groups is 6. The highest BCUT2D eigenvalue weighted by atomic mass is 33.1. The Kier molecular flexibility index (Phi) is 26.2. The summed E-state index contributed by atoms with van der Waals surface area (Å²) in [7, 11) is 3.03. The Labute approximate surface area is 524 Å². The number of hydrogen-bond donors (Lipinski definition) is 11. The number of aliphatic carboxylic acids is 2. The van der Waals surface area contributed by atoms with Crippen LogP contribution in [0.4, 0.5) is 21.2 Å². The maximum Gasteiger partial charge on any atom is 0.407 e. The molecule has 3 aromatic rings. The van der Waals surface area contributed by atoms with Crippen LogP contribution in [0.1, 0.15) is 173 Å². The van der Waals surface area contributed by atoms with E-state index in [1.54, 1.807) is 22.9 Å². The Hall–Kier alpha value is -6.41. The molecule has 11 atom stereocenters. The number of aromatic nitrogens is 4. The monoisotopic (exact) mass is 1260 g/mol. The van der Waals surface area contributed by atoms with Crippen molar-refractivity contribution in [1.29, 1.82) is 0 Å². The van der Waals surface area contributed by atoms with Crippen LogP contribution in [0.25, 0.3) is 11.2 Å². The molecule has 4 aliphatic rings. The number of aliphatic imine (C=N–C) groups is 1. The number of amidine groups is 1. The Morgan fingerprint density at radius 2 is 1.55 bits per heavy atom. The van der Waals surface area contributed by atoms with E-state index in [4.69, 9.17) is 20.9 Å². The Balaban J connectivity index is 0.661. The number of ether oxygens (including phenoxy) is 2. The van der Waals surface area contributed by atoms with Gasteiger partial charge in [-0.3, -0.25) is 29.1 Å². The molecule has 26 heteroatoms. The number of alkyl carbamates (subject to hydrolysis) is 2. The van der Waals surface area contributed by atoms with E-state index in [-0.39, 0.29) is 73.8 Å². The number of carbonyl (C=O) groups excluding carboxylic acids is 4. The molecule has 88 heavy (non-hydrogen) atoms. The molecule has 7 rings (SSSR count). The van der Waals surface area contributed by atoms with Crippen molar-refractivity contribution in [3.05, 3.63) is 52.1 Å². The lowest BCUT2D eigenvalue weighted by molar-refractivity contribution is -0.142. The highest BCUT2D eigenvalue weighted by molar-refractivity contribution is 8.76. The number of benzene rings is 1. The van der Waals surface area contributed by atoms with Gasteiger partial charge in [-0.1, -0.05) is 64.7 Å². The molecule has 4 saturated carbocycles. The predicted molar refractivity (Wildman–Crippen MR) is 342 cm³/mol. The van der Waals surface area contributed by atoms with Gasteiger partial charge in [0.05, 0.1) is 30.8 Å². The zero-order valence-electron chi connectivity index (χ0n) is 51.9.